The Morgan fingerprint density at radius 1 is 0.557 bits per heavy atom. The Balaban J connectivity index is 2.31. The van der Waals surface area contributed by atoms with Crippen molar-refractivity contribution in [3.63, 3.8) is 0 Å². The van der Waals surface area contributed by atoms with Gasteiger partial charge in [-0.3, -0.25) is 9.35 Å². The van der Waals surface area contributed by atoms with Crippen LogP contribution in [0.3, 0.4) is 0 Å². The lowest BCUT2D eigenvalue weighted by atomic mass is 9.99. The number of allylic oxidation sites excluding steroid dienone is 1. The second-order valence-electron chi connectivity index (χ2n) is 20.9. The van der Waals surface area contributed by atoms with Crippen LogP contribution in [0.1, 0.15) is 290 Å². The maximum atomic E-state index is 13.1. The summed E-state index contributed by atoms with van der Waals surface area (Å²) in [5.41, 5.74) is 0. The highest BCUT2D eigenvalue weighted by Crippen LogP contribution is 2.26. The van der Waals surface area contributed by atoms with Crippen molar-refractivity contribution in [3.8, 4) is 0 Å². The van der Waals surface area contributed by atoms with Crippen LogP contribution < -0.4 is 5.32 Å². The van der Waals surface area contributed by atoms with Gasteiger partial charge in [0.15, 0.2) is 6.29 Å². The summed E-state index contributed by atoms with van der Waals surface area (Å²) >= 11 is 0. The molecule has 1 heterocycles. The lowest BCUT2D eigenvalue weighted by Crippen LogP contribution is -2.61. The molecule has 7 unspecified atom stereocenters. The van der Waals surface area contributed by atoms with Gasteiger partial charge in [0.1, 0.15) is 24.4 Å². The number of nitrogens with one attached hydrogen (secondary N) is 1. The molecular weight excluding hydrogens is 907 g/mol. The zero-order valence-electron chi connectivity index (χ0n) is 45.1. The van der Waals surface area contributed by atoms with E-state index in [0.29, 0.717) is 6.42 Å². The summed E-state index contributed by atoms with van der Waals surface area (Å²) in [6.07, 6.45) is 48.4. The van der Waals surface area contributed by atoms with Gasteiger partial charge in [-0.05, 0) is 19.3 Å². The second-order valence-corrected chi connectivity index (χ2v) is 22.0. The molecule has 0 aromatic rings. The summed E-state index contributed by atoms with van der Waals surface area (Å²) < 4.78 is 47.8. The Labute approximate surface area is 430 Å². The minimum absolute atomic E-state index is 0.256. The highest BCUT2D eigenvalue weighted by Gasteiger charge is 2.48. The summed E-state index contributed by atoms with van der Waals surface area (Å²) in [7, 11) is -5.09. The lowest BCUT2D eigenvalue weighted by Gasteiger charge is -2.41. The van der Waals surface area contributed by atoms with E-state index in [-0.39, 0.29) is 18.9 Å². The molecule has 7 atom stereocenters. The lowest BCUT2D eigenvalue weighted by molar-refractivity contribution is -0.298. The number of aliphatic hydroxyl groups excluding tert-OH is 4. The van der Waals surface area contributed by atoms with Gasteiger partial charge in [0.05, 0.1) is 25.4 Å². The van der Waals surface area contributed by atoms with E-state index in [9.17, 15) is 38.2 Å². The van der Waals surface area contributed by atoms with E-state index < -0.39 is 59.9 Å². The van der Waals surface area contributed by atoms with Crippen LogP contribution in [0.25, 0.3) is 0 Å². The summed E-state index contributed by atoms with van der Waals surface area (Å²) in [5.74, 6) is -0.256. The average molecular weight is 1020 g/mol. The SMILES string of the molecule is CCCCCCCCCCCCCCCC/C=C/C(O)C(COC1OC(CO)C(O)C(OS(=O)(=O)O)C1O)NC(=O)CCCCCCCCCCCCCCCCCCCCCCCCCCCCC. The first-order valence-electron chi connectivity index (χ1n) is 29.6. The Morgan fingerprint density at radius 2 is 0.900 bits per heavy atom. The Kier molecular flexibility index (Phi) is 45.4. The van der Waals surface area contributed by atoms with E-state index >= 15 is 0 Å². The van der Waals surface area contributed by atoms with Crippen molar-refractivity contribution in [2.45, 2.75) is 333 Å². The molecule has 0 saturated carbocycles. The van der Waals surface area contributed by atoms with Crippen molar-refractivity contribution in [1.82, 2.24) is 5.32 Å². The Hall–Kier alpha value is -1.16. The fraction of sp³-hybridized carbons (Fsp3) is 0.947. The molecular formula is C57H111NO11S. The number of carbonyl (C=O) groups excluding carboxylic acids is 1. The first kappa shape index (κ1) is 66.9. The summed E-state index contributed by atoms with van der Waals surface area (Å²) in [5, 5.41) is 44.9. The van der Waals surface area contributed by atoms with Gasteiger partial charge in [-0.1, -0.05) is 276 Å². The second kappa shape index (κ2) is 47.5. The van der Waals surface area contributed by atoms with E-state index in [1.807, 2.05) is 6.08 Å². The molecule has 1 aliphatic heterocycles. The minimum atomic E-state index is -5.09. The third kappa shape index (κ3) is 39.3. The van der Waals surface area contributed by atoms with Gasteiger partial charge in [0.2, 0.25) is 5.91 Å². The van der Waals surface area contributed by atoms with Crippen LogP contribution in [0.15, 0.2) is 12.2 Å². The monoisotopic (exact) mass is 1020 g/mol. The van der Waals surface area contributed by atoms with Gasteiger partial charge in [0, 0.05) is 6.42 Å². The van der Waals surface area contributed by atoms with Gasteiger partial charge >= 0.3 is 10.4 Å². The van der Waals surface area contributed by atoms with Crippen LogP contribution >= 0.6 is 0 Å². The zero-order chi connectivity index (χ0) is 51.2. The number of ether oxygens (including phenoxy) is 2. The number of hydrogen-bond donors (Lipinski definition) is 6. The van der Waals surface area contributed by atoms with Gasteiger partial charge in [-0.2, -0.15) is 8.42 Å². The highest BCUT2D eigenvalue weighted by atomic mass is 32.3. The molecule has 70 heavy (non-hydrogen) atoms. The molecule has 0 spiro atoms. The van der Waals surface area contributed by atoms with E-state index in [1.54, 1.807) is 6.08 Å². The summed E-state index contributed by atoms with van der Waals surface area (Å²) in [6, 6.07) is -0.940. The van der Waals surface area contributed by atoms with Crippen molar-refractivity contribution in [2.75, 3.05) is 13.2 Å². The van der Waals surface area contributed by atoms with Crippen molar-refractivity contribution in [1.29, 1.82) is 0 Å². The van der Waals surface area contributed by atoms with Crippen molar-refractivity contribution in [3.05, 3.63) is 12.2 Å². The Bertz CT molecular complexity index is 1290. The highest BCUT2D eigenvalue weighted by molar-refractivity contribution is 7.80. The zero-order valence-corrected chi connectivity index (χ0v) is 45.9. The van der Waals surface area contributed by atoms with Crippen LogP contribution in [0.2, 0.25) is 0 Å². The number of unbranched alkanes of at least 4 members (excludes halogenated alkanes) is 40. The molecule has 1 rings (SSSR count). The summed E-state index contributed by atoms with van der Waals surface area (Å²) in [6.45, 7) is 3.44. The maximum Gasteiger partial charge on any atom is 0.397 e. The van der Waals surface area contributed by atoms with E-state index in [2.05, 4.69) is 23.3 Å². The predicted octanol–water partition coefficient (Wildman–Crippen LogP) is 13.8. The van der Waals surface area contributed by atoms with Crippen LogP contribution in [-0.4, -0.2) is 95.4 Å². The van der Waals surface area contributed by atoms with Crippen molar-refractivity contribution >= 4 is 16.3 Å². The van der Waals surface area contributed by atoms with Gasteiger partial charge in [-0.15, -0.1) is 0 Å². The molecule has 13 heteroatoms. The molecule has 1 amide bonds. The Morgan fingerprint density at radius 3 is 1.24 bits per heavy atom. The molecule has 0 aromatic heterocycles. The minimum Gasteiger partial charge on any atom is -0.394 e. The number of carbonyl (C=O) groups is 1. The molecule has 12 nitrogen and oxygen atoms in total. The molecule has 6 N–H and O–H groups in total. The largest absolute Gasteiger partial charge is 0.397 e. The van der Waals surface area contributed by atoms with Crippen LogP contribution in [-0.2, 0) is 28.9 Å². The van der Waals surface area contributed by atoms with Crippen molar-refractivity contribution in [2.24, 2.45) is 0 Å². The fourth-order valence-corrected chi connectivity index (χ4v) is 10.3. The molecule has 0 bridgehead atoms. The average Bonchev–Trinajstić information content (AvgIpc) is 3.33. The third-order valence-corrected chi connectivity index (χ3v) is 14.8. The molecule has 0 radical (unpaired) electrons. The van der Waals surface area contributed by atoms with Gasteiger partial charge in [-0.25, -0.2) is 4.18 Å². The molecule has 416 valence electrons. The van der Waals surface area contributed by atoms with Gasteiger partial charge < -0.3 is 35.2 Å². The molecule has 1 aliphatic rings. The molecule has 1 fully saturated rings. The van der Waals surface area contributed by atoms with Crippen molar-refractivity contribution < 1.29 is 51.8 Å². The molecule has 0 aliphatic carbocycles. The predicted molar refractivity (Wildman–Crippen MR) is 287 cm³/mol. The van der Waals surface area contributed by atoms with Crippen LogP contribution in [0.5, 0.6) is 0 Å². The molecule has 1 saturated heterocycles. The van der Waals surface area contributed by atoms with E-state index in [0.717, 1.165) is 38.5 Å². The fourth-order valence-electron chi connectivity index (χ4n) is 9.75. The number of amides is 1. The van der Waals surface area contributed by atoms with E-state index in [4.69, 9.17) is 9.47 Å². The third-order valence-electron chi connectivity index (χ3n) is 14.3. The topological polar surface area (TPSA) is 192 Å². The van der Waals surface area contributed by atoms with Crippen LogP contribution in [0.4, 0.5) is 0 Å². The maximum absolute atomic E-state index is 13.1. The van der Waals surface area contributed by atoms with E-state index in [1.165, 1.54) is 225 Å². The normalized spacial score (nSPS) is 19.6. The van der Waals surface area contributed by atoms with Gasteiger partial charge in [0.25, 0.3) is 0 Å². The number of hydrogen-bond acceptors (Lipinski definition) is 10. The first-order valence-corrected chi connectivity index (χ1v) is 30.9. The number of aliphatic hydroxyl groups is 4. The number of rotatable bonds is 52. The first-order chi connectivity index (χ1) is 34.0. The standard InChI is InChI=1S/C57H111NO11S/c1-3-5-7-9-11-13-15-17-19-21-22-23-24-25-26-27-28-29-30-31-33-35-37-39-41-43-45-47-53(61)58-50(49-67-57-55(63)56(69-70(64,65)66)54(62)52(48-59)68-57)51(60)46-44-42-40-38-36-34-32-20-18-16-14-12-10-8-6-4-2/h44,46,50-52,54-57,59-60,62-63H,3-43,45,47-49H2,1-2H3,(H,58,61)(H,64,65,66)/b46-44+. The smallest absolute Gasteiger partial charge is 0.394 e. The van der Waals surface area contributed by atoms with Crippen LogP contribution in [0, 0.1) is 0 Å². The summed E-state index contributed by atoms with van der Waals surface area (Å²) in [4.78, 5) is 13.1. The quantitative estimate of drug-likeness (QED) is 0.0193. The molecule has 0 aromatic carbocycles.